The van der Waals surface area contributed by atoms with Crippen LogP contribution in [0.5, 0.6) is 5.75 Å². The third-order valence-corrected chi connectivity index (χ3v) is 7.20. The molecule has 1 saturated heterocycles. The van der Waals surface area contributed by atoms with Gasteiger partial charge in [-0.1, -0.05) is 0 Å². The Morgan fingerprint density at radius 3 is 2.61 bits per heavy atom. The molecule has 0 aliphatic carbocycles. The van der Waals surface area contributed by atoms with Crippen LogP contribution in [-0.2, 0) is 4.74 Å². The van der Waals surface area contributed by atoms with Gasteiger partial charge >= 0.3 is 0 Å². The van der Waals surface area contributed by atoms with Crippen LogP contribution < -0.4 is 9.64 Å². The number of methoxy groups -OCH3 is 1. The lowest BCUT2D eigenvalue weighted by molar-refractivity contribution is 0.0283. The molecule has 10 heteroatoms. The maximum absolute atomic E-state index is 10.1. The van der Waals surface area contributed by atoms with Crippen molar-refractivity contribution in [2.45, 2.75) is 44.8 Å². The molecule has 1 N–H and O–H groups in total. The van der Waals surface area contributed by atoms with Gasteiger partial charge in [0, 0.05) is 48.2 Å². The number of rotatable bonds is 6. The van der Waals surface area contributed by atoms with Gasteiger partial charge in [0.1, 0.15) is 30.9 Å². The summed E-state index contributed by atoms with van der Waals surface area (Å²) in [5.74, 6) is 2.13. The maximum atomic E-state index is 10.1. The Kier molecular flexibility index (Phi) is 6.71. The Morgan fingerprint density at radius 2 is 2.00 bits per heavy atom. The van der Waals surface area contributed by atoms with Gasteiger partial charge in [0.15, 0.2) is 0 Å². The van der Waals surface area contributed by atoms with Crippen molar-refractivity contribution in [1.82, 2.24) is 19.5 Å². The Hall–Kier alpha value is -4.10. The number of nitriles is 1. The number of pyridine rings is 2. The second-order valence-electron chi connectivity index (χ2n) is 10.7. The summed E-state index contributed by atoms with van der Waals surface area (Å²) < 4.78 is 12.7. The summed E-state index contributed by atoms with van der Waals surface area (Å²) in [6.45, 7) is 8.18. The van der Waals surface area contributed by atoms with Gasteiger partial charge in [-0.2, -0.15) is 10.4 Å². The van der Waals surface area contributed by atoms with Crippen LogP contribution in [0.4, 0.5) is 5.82 Å². The van der Waals surface area contributed by atoms with Gasteiger partial charge in [-0.05, 0) is 51.8 Å². The number of hydrogen-bond acceptors (Lipinski definition) is 9. The topological polar surface area (TPSA) is 112 Å². The number of aliphatic hydroxyl groups is 1. The highest BCUT2D eigenvalue weighted by atomic mass is 16.5. The first-order valence-electron chi connectivity index (χ1n) is 12.7. The number of hydrogen-bond donors (Lipinski definition) is 1. The fourth-order valence-corrected chi connectivity index (χ4v) is 4.86. The molecule has 0 aromatic carbocycles. The summed E-state index contributed by atoms with van der Waals surface area (Å²) >= 11 is 0. The van der Waals surface area contributed by atoms with E-state index in [4.69, 9.17) is 14.5 Å². The largest absolute Gasteiger partial charge is 0.489 e. The van der Waals surface area contributed by atoms with Crippen molar-refractivity contribution in [3.63, 3.8) is 0 Å². The lowest BCUT2D eigenvalue weighted by atomic mass is 9.88. The first kappa shape index (κ1) is 25.5. The van der Waals surface area contributed by atoms with E-state index >= 15 is 0 Å². The van der Waals surface area contributed by atoms with Crippen LogP contribution in [0.15, 0.2) is 54.1 Å². The zero-order valence-corrected chi connectivity index (χ0v) is 22.3. The van der Waals surface area contributed by atoms with E-state index in [1.165, 1.54) is 0 Å². The molecule has 10 nitrogen and oxygen atoms in total. The first-order valence-corrected chi connectivity index (χ1v) is 12.7. The van der Waals surface area contributed by atoms with Gasteiger partial charge in [-0.3, -0.25) is 0 Å². The quantitative estimate of drug-likeness (QED) is 0.530. The summed E-state index contributed by atoms with van der Waals surface area (Å²) in [5, 5.41) is 24.1. The van der Waals surface area contributed by atoms with E-state index in [1.807, 2.05) is 30.5 Å². The predicted molar refractivity (Wildman–Crippen MR) is 145 cm³/mol. The van der Waals surface area contributed by atoms with Crippen LogP contribution in [0.3, 0.4) is 0 Å². The summed E-state index contributed by atoms with van der Waals surface area (Å²) in [4.78, 5) is 13.9. The molecule has 198 valence electrons. The average Bonchev–Trinajstić information content (AvgIpc) is 3.35. The minimum Gasteiger partial charge on any atom is -0.489 e. The molecule has 0 unspecified atom stereocenters. The lowest BCUT2D eigenvalue weighted by Crippen LogP contribution is -2.52. The molecule has 38 heavy (non-hydrogen) atoms. The van der Waals surface area contributed by atoms with E-state index in [-0.39, 0.29) is 12.1 Å². The predicted octanol–water partition coefficient (Wildman–Crippen LogP) is 3.61. The highest BCUT2D eigenvalue weighted by Gasteiger charge is 2.35. The molecule has 0 saturated carbocycles. The van der Waals surface area contributed by atoms with Gasteiger partial charge in [0.05, 0.1) is 36.2 Å². The summed E-state index contributed by atoms with van der Waals surface area (Å²) in [5.41, 5.74) is 1.87. The molecule has 3 aromatic rings. The Labute approximate surface area is 222 Å². The smallest absolute Gasteiger partial charge is 0.211 e. The maximum Gasteiger partial charge on any atom is 0.211 e. The average molecular weight is 516 g/mol. The molecular weight excluding hydrogens is 482 g/mol. The second kappa shape index (κ2) is 9.99. The molecule has 3 aromatic heterocycles. The Bertz CT molecular complexity index is 1410. The fraction of sp³-hybridized carbons (Fsp3) is 0.429. The number of aliphatic imine (C=N–C) groups is 1. The molecule has 1 fully saturated rings. The van der Waals surface area contributed by atoms with E-state index in [0.717, 1.165) is 42.9 Å². The standard InChI is InChI=1S/C28H33N7O3/c1-27(2,36)18-38-22-13-23(26-21(14-29)16-32-35(26)17-22)20-5-6-24(30-15-20)33-11-8-28(3,9-12-33)34-10-7-25(37-4)31-19-34/h5-7,10,13,15-17,36H,8-9,11-12,18-19H2,1-4H3. The Morgan fingerprint density at radius 1 is 1.21 bits per heavy atom. The molecule has 2 aliphatic rings. The van der Waals surface area contributed by atoms with Crippen molar-refractivity contribution in [1.29, 1.82) is 5.26 Å². The van der Waals surface area contributed by atoms with Gasteiger partial charge in [0.2, 0.25) is 5.90 Å². The first-order chi connectivity index (χ1) is 18.2. The van der Waals surface area contributed by atoms with E-state index in [9.17, 15) is 10.4 Å². The molecule has 0 radical (unpaired) electrons. The fourth-order valence-electron chi connectivity index (χ4n) is 4.86. The van der Waals surface area contributed by atoms with Crippen LogP contribution in [0.25, 0.3) is 16.6 Å². The van der Waals surface area contributed by atoms with Crippen molar-refractivity contribution in [3.8, 4) is 22.9 Å². The third-order valence-electron chi connectivity index (χ3n) is 7.20. The van der Waals surface area contributed by atoms with Crippen molar-refractivity contribution >= 4 is 17.2 Å². The van der Waals surface area contributed by atoms with E-state index in [1.54, 1.807) is 37.9 Å². The van der Waals surface area contributed by atoms with Crippen LogP contribution in [0, 0.1) is 11.3 Å². The molecule has 5 heterocycles. The number of aromatic nitrogens is 3. The summed E-state index contributed by atoms with van der Waals surface area (Å²) in [7, 11) is 1.64. The molecule has 0 spiro atoms. The molecule has 5 rings (SSSR count). The molecular formula is C28H33N7O3. The van der Waals surface area contributed by atoms with Crippen LogP contribution in [-0.4, -0.2) is 75.1 Å². The molecule has 0 amide bonds. The highest BCUT2D eigenvalue weighted by Crippen LogP contribution is 2.34. The van der Waals surface area contributed by atoms with Crippen molar-refractivity contribution in [2.24, 2.45) is 4.99 Å². The minimum atomic E-state index is -0.977. The molecule has 0 bridgehead atoms. The SMILES string of the molecule is COC1=NCN(C2(C)CCN(c3ccc(-c4cc(OCC(C)(C)O)cn5ncc(C#N)c45)cn3)CC2)C=C1. The minimum absolute atomic E-state index is 0.0284. The highest BCUT2D eigenvalue weighted by molar-refractivity contribution is 5.88. The number of fused-ring (bicyclic) bond motifs is 1. The molecule has 2 aliphatic heterocycles. The molecule has 0 atom stereocenters. The van der Waals surface area contributed by atoms with Crippen molar-refractivity contribution in [3.05, 3.63) is 54.6 Å². The van der Waals surface area contributed by atoms with E-state index < -0.39 is 5.60 Å². The van der Waals surface area contributed by atoms with Gasteiger partial charge in [0.25, 0.3) is 0 Å². The Balaban J connectivity index is 1.34. The third kappa shape index (κ3) is 5.15. The summed E-state index contributed by atoms with van der Waals surface area (Å²) in [6, 6.07) is 8.14. The number of ether oxygens (including phenoxy) is 2. The normalized spacial score (nSPS) is 17.3. The van der Waals surface area contributed by atoms with Crippen LogP contribution >= 0.6 is 0 Å². The second-order valence-corrected chi connectivity index (χ2v) is 10.7. The number of piperidine rings is 1. The van der Waals surface area contributed by atoms with Crippen LogP contribution in [0.1, 0.15) is 39.2 Å². The van der Waals surface area contributed by atoms with Gasteiger partial charge < -0.3 is 24.4 Å². The lowest BCUT2D eigenvalue weighted by Gasteiger charge is -2.46. The van der Waals surface area contributed by atoms with E-state index in [2.05, 4.69) is 39.1 Å². The van der Waals surface area contributed by atoms with Gasteiger partial charge in [-0.25, -0.2) is 14.5 Å². The zero-order valence-electron chi connectivity index (χ0n) is 22.3. The zero-order chi connectivity index (χ0) is 26.9. The monoisotopic (exact) mass is 515 g/mol. The van der Waals surface area contributed by atoms with Gasteiger partial charge in [-0.15, -0.1) is 0 Å². The van der Waals surface area contributed by atoms with Crippen LogP contribution in [0.2, 0.25) is 0 Å². The van der Waals surface area contributed by atoms with Crippen molar-refractivity contribution < 1.29 is 14.6 Å². The van der Waals surface area contributed by atoms with E-state index in [0.29, 0.717) is 29.4 Å². The van der Waals surface area contributed by atoms with Crippen molar-refractivity contribution in [2.75, 3.05) is 38.4 Å². The number of anilines is 1. The summed E-state index contributed by atoms with van der Waals surface area (Å²) in [6.07, 6.45) is 11.1. The number of nitrogens with zero attached hydrogens (tertiary/aromatic N) is 7.